The Morgan fingerprint density at radius 3 is 3.00 bits per heavy atom. The van der Waals surface area contributed by atoms with Gasteiger partial charge in [0.25, 0.3) is 0 Å². The van der Waals surface area contributed by atoms with Gasteiger partial charge in [0.15, 0.2) is 5.11 Å². The first kappa shape index (κ1) is 10.5. The number of nitrogens with one attached hydrogen (secondary N) is 3. The predicted molar refractivity (Wildman–Crippen MR) is 68.7 cm³/mol. The lowest BCUT2D eigenvalue weighted by atomic mass is 9.79. The summed E-state index contributed by atoms with van der Waals surface area (Å²) in [5, 5.41) is 4.18. The summed E-state index contributed by atoms with van der Waals surface area (Å²) < 4.78 is 0. The van der Waals surface area contributed by atoms with Crippen molar-refractivity contribution >= 4 is 17.3 Å². The van der Waals surface area contributed by atoms with Gasteiger partial charge in [-0.15, -0.1) is 0 Å². The molecule has 0 radical (unpaired) electrons. The molecule has 5 atom stereocenters. The molecule has 2 fully saturated rings. The van der Waals surface area contributed by atoms with Crippen LogP contribution in [0, 0.1) is 23.7 Å². The zero-order valence-corrected chi connectivity index (χ0v) is 10.4. The summed E-state index contributed by atoms with van der Waals surface area (Å²) in [5.41, 5.74) is 5.81. The summed E-state index contributed by atoms with van der Waals surface area (Å²) in [5.74, 6) is 3.52. The van der Waals surface area contributed by atoms with Crippen LogP contribution < -0.4 is 16.2 Å². The topological polar surface area (TPSA) is 36.1 Å². The van der Waals surface area contributed by atoms with Crippen molar-refractivity contribution < 1.29 is 0 Å². The molecule has 0 heterocycles. The average Bonchev–Trinajstić information content (AvgIpc) is 2.86. The lowest BCUT2D eigenvalue weighted by molar-refractivity contribution is 0.245. The first-order valence-electron chi connectivity index (χ1n) is 6.19. The fraction of sp³-hybridized carbons (Fsp3) is 0.750. The van der Waals surface area contributed by atoms with E-state index in [0.29, 0.717) is 6.04 Å². The van der Waals surface area contributed by atoms with E-state index in [4.69, 9.17) is 12.2 Å². The number of hydrazine groups is 1. The van der Waals surface area contributed by atoms with Crippen molar-refractivity contribution in [2.45, 2.75) is 25.3 Å². The summed E-state index contributed by atoms with van der Waals surface area (Å²) in [4.78, 5) is 0. The summed E-state index contributed by atoms with van der Waals surface area (Å²) in [6.45, 7) is 0. The van der Waals surface area contributed by atoms with Gasteiger partial charge in [-0.2, -0.15) is 0 Å². The Morgan fingerprint density at radius 2 is 2.19 bits per heavy atom. The molecule has 2 saturated carbocycles. The average molecular weight is 237 g/mol. The molecule has 3 nitrogen and oxygen atoms in total. The van der Waals surface area contributed by atoms with Gasteiger partial charge in [-0.05, 0) is 55.2 Å². The smallest absolute Gasteiger partial charge is 0.181 e. The zero-order chi connectivity index (χ0) is 11.1. The van der Waals surface area contributed by atoms with Crippen molar-refractivity contribution in [3.8, 4) is 0 Å². The maximum absolute atomic E-state index is 5.22. The second kappa shape index (κ2) is 4.00. The van der Waals surface area contributed by atoms with E-state index in [1.807, 2.05) is 7.05 Å². The largest absolute Gasteiger partial charge is 0.359 e. The van der Waals surface area contributed by atoms with Gasteiger partial charge in [0.05, 0.1) is 0 Å². The first-order valence-corrected chi connectivity index (χ1v) is 6.60. The third-order valence-electron chi connectivity index (χ3n) is 4.56. The second-order valence-corrected chi connectivity index (χ2v) is 5.66. The van der Waals surface area contributed by atoms with E-state index in [1.165, 1.54) is 19.3 Å². The SMILES string of the molecule is CNNC(=S)N[C@@H]1C[C@H]2C[C@H]1[C@@H]1C=CC[C@@H]21. The quantitative estimate of drug-likeness (QED) is 0.383. The van der Waals surface area contributed by atoms with Crippen LogP contribution in [0.5, 0.6) is 0 Å². The highest BCUT2D eigenvalue weighted by Gasteiger charge is 2.52. The Hall–Kier alpha value is -0.610. The number of fused-ring (bicyclic) bond motifs is 5. The predicted octanol–water partition coefficient (Wildman–Crippen LogP) is 1.19. The van der Waals surface area contributed by atoms with Gasteiger partial charge in [-0.1, -0.05) is 12.2 Å². The molecule has 3 aliphatic carbocycles. The molecule has 4 heteroatoms. The van der Waals surface area contributed by atoms with Gasteiger partial charge in [0.1, 0.15) is 0 Å². The molecule has 16 heavy (non-hydrogen) atoms. The molecule has 0 aromatic heterocycles. The molecule has 0 amide bonds. The zero-order valence-electron chi connectivity index (χ0n) is 9.57. The van der Waals surface area contributed by atoms with Crippen LogP contribution in [-0.4, -0.2) is 18.2 Å². The molecule has 3 N–H and O–H groups in total. The van der Waals surface area contributed by atoms with E-state index in [1.54, 1.807) is 0 Å². The van der Waals surface area contributed by atoms with Gasteiger partial charge < -0.3 is 5.32 Å². The van der Waals surface area contributed by atoms with Crippen LogP contribution in [0.25, 0.3) is 0 Å². The van der Waals surface area contributed by atoms with Gasteiger partial charge in [-0.25, -0.2) is 5.43 Å². The molecular weight excluding hydrogens is 218 g/mol. The molecule has 0 spiro atoms. The lowest BCUT2D eigenvalue weighted by Gasteiger charge is -2.32. The second-order valence-electron chi connectivity index (χ2n) is 5.26. The van der Waals surface area contributed by atoms with Crippen molar-refractivity contribution in [3.63, 3.8) is 0 Å². The Bertz CT molecular complexity index is 328. The van der Waals surface area contributed by atoms with Crippen LogP contribution in [0.1, 0.15) is 19.3 Å². The van der Waals surface area contributed by atoms with Gasteiger partial charge in [0, 0.05) is 13.1 Å². The lowest BCUT2D eigenvalue weighted by Crippen LogP contribution is -2.49. The maximum atomic E-state index is 5.22. The Morgan fingerprint density at radius 1 is 1.31 bits per heavy atom. The van der Waals surface area contributed by atoms with E-state index >= 15 is 0 Å². The van der Waals surface area contributed by atoms with Crippen molar-refractivity contribution in [1.82, 2.24) is 16.2 Å². The van der Waals surface area contributed by atoms with Crippen LogP contribution in [0.15, 0.2) is 12.2 Å². The summed E-state index contributed by atoms with van der Waals surface area (Å²) in [7, 11) is 1.84. The van der Waals surface area contributed by atoms with Crippen molar-refractivity contribution in [2.75, 3.05) is 7.05 Å². The standard InChI is InChI=1S/C12H19N3S/c1-13-15-12(16)14-11-6-7-5-10(11)9-4-2-3-8(7)9/h2,4,7-11,13H,3,5-6H2,1H3,(H2,14,15,16)/t7-,8+,9-,10+,11-/m1/s1. The molecule has 2 bridgehead atoms. The minimum absolute atomic E-state index is 0.586. The summed E-state index contributed by atoms with van der Waals surface area (Å²) in [6, 6.07) is 0.586. The highest BCUT2D eigenvalue weighted by atomic mass is 32.1. The first-order chi connectivity index (χ1) is 7.79. The van der Waals surface area contributed by atoms with Crippen LogP contribution in [0.3, 0.4) is 0 Å². The number of thiocarbonyl (C=S) groups is 1. The Labute approximate surface area is 102 Å². The maximum Gasteiger partial charge on any atom is 0.181 e. The Kier molecular flexibility index (Phi) is 2.64. The van der Waals surface area contributed by atoms with Crippen molar-refractivity contribution in [1.29, 1.82) is 0 Å². The third-order valence-corrected chi connectivity index (χ3v) is 4.78. The van der Waals surface area contributed by atoms with Gasteiger partial charge in [0.2, 0.25) is 0 Å². The fourth-order valence-corrected chi connectivity index (χ4v) is 4.28. The highest BCUT2D eigenvalue weighted by Crippen LogP contribution is 2.56. The molecule has 0 saturated heterocycles. The van der Waals surface area contributed by atoms with E-state index < -0.39 is 0 Å². The van der Waals surface area contributed by atoms with Crippen LogP contribution in [0.2, 0.25) is 0 Å². The van der Waals surface area contributed by atoms with Gasteiger partial charge in [-0.3, -0.25) is 5.43 Å². The Balaban J connectivity index is 1.63. The van der Waals surface area contributed by atoms with E-state index in [2.05, 4.69) is 28.3 Å². The van der Waals surface area contributed by atoms with E-state index in [9.17, 15) is 0 Å². The number of rotatable bonds is 2. The minimum atomic E-state index is 0.586. The van der Waals surface area contributed by atoms with Crippen molar-refractivity contribution in [3.05, 3.63) is 12.2 Å². The normalized spacial score (nSPS) is 43.4. The third kappa shape index (κ3) is 1.55. The molecule has 3 rings (SSSR count). The highest BCUT2D eigenvalue weighted by molar-refractivity contribution is 7.80. The molecule has 3 aliphatic rings. The molecule has 88 valence electrons. The molecule has 0 aromatic rings. The van der Waals surface area contributed by atoms with Crippen LogP contribution >= 0.6 is 12.2 Å². The van der Waals surface area contributed by atoms with E-state index in [0.717, 1.165) is 28.8 Å². The van der Waals surface area contributed by atoms with Gasteiger partial charge >= 0.3 is 0 Å². The minimum Gasteiger partial charge on any atom is -0.359 e. The van der Waals surface area contributed by atoms with Crippen molar-refractivity contribution in [2.24, 2.45) is 23.7 Å². The number of hydrogen-bond donors (Lipinski definition) is 3. The van der Waals surface area contributed by atoms with Crippen LogP contribution in [-0.2, 0) is 0 Å². The summed E-state index contributed by atoms with van der Waals surface area (Å²) >= 11 is 5.22. The molecular formula is C12H19N3S. The fourth-order valence-electron chi connectivity index (χ4n) is 4.03. The van der Waals surface area contributed by atoms with E-state index in [-0.39, 0.29) is 0 Å². The van der Waals surface area contributed by atoms with Crippen LogP contribution in [0.4, 0.5) is 0 Å². The number of allylic oxidation sites excluding steroid dienone is 2. The summed E-state index contributed by atoms with van der Waals surface area (Å²) in [6.07, 6.45) is 8.84. The molecule has 0 aliphatic heterocycles. The number of hydrogen-bond acceptors (Lipinski definition) is 2. The molecule has 0 aromatic carbocycles. The monoisotopic (exact) mass is 237 g/mol. The molecule has 0 unspecified atom stereocenters.